The van der Waals surface area contributed by atoms with E-state index in [-0.39, 0.29) is 12.1 Å². The van der Waals surface area contributed by atoms with Gasteiger partial charge in [0.15, 0.2) is 5.82 Å². The summed E-state index contributed by atoms with van der Waals surface area (Å²) in [6.07, 6.45) is 5.24. The van der Waals surface area contributed by atoms with Crippen molar-refractivity contribution >= 4 is 17.5 Å². The van der Waals surface area contributed by atoms with E-state index in [1.54, 1.807) is 28.5 Å². The molecule has 0 aliphatic carbocycles. The van der Waals surface area contributed by atoms with Crippen molar-refractivity contribution in [1.29, 1.82) is 0 Å². The highest BCUT2D eigenvalue weighted by molar-refractivity contribution is 6.05. The molecule has 0 spiro atoms. The predicted molar refractivity (Wildman–Crippen MR) is 123 cm³/mol. The van der Waals surface area contributed by atoms with Crippen molar-refractivity contribution in [2.75, 3.05) is 22.9 Å². The van der Waals surface area contributed by atoms with Crippen molar-refractivity contribution < 1.29 is 4.79 Å². The molecule has 0 bridgehead atoms. The average molecular weight is 425 g/mol. The van der Waals surface area contributed by atoms with Gasteiger partial charge in [0.05, 0.1) is 0 Å². The molecule has 4 heterocycles. The first-order chi connectivity index (χ1) is 15.6. The van der Waals surface area contributed by atoms with Crippen LogP contribution < -0.4 is 9.80 Å². The molecule has 1 aliphatic rings. The Labute approximate surface area is 186 Å². The van der Waals surface area contributed by atoms with E-state index in [0.29, 0.717) is 30.4 Å². The molecule has 0 atom stereocenters. The molecule has 1 aliphatic heterocycles. The summed E-state index contributed by atoms with van der Waals surface area (Å²) in [7, 11) is 0. The summed E-state index contributed by atoms with van der Waals surface area (Å²) in [4.78, 5) is 25.6. The molecule has 8 nitrogen and oxygen atoms in total. The van der Waals surface area contributed by atoms with E-state index >= 15 is 0 Å². The fourth-order valence-corrected chi connectivity index (χ4v) is 3.89. The number of pyridine rings is 2. The largest absolute Gasteiger partial charge is 0.330 e. The van der Waals surface area contributed by atoms with E-state index in [4.69, 9.17) is 4.98 Å². The molecule has 1 aromatic carbocycles. The molecule has 0 saturated carbocycles. The quantitative estimate of drug-likeness (QED) is 0.473. The van der Waals surface area contributed by atoms with Crippen molar-refractivity contribution in [2.45, 2.75) is 19.9 Å². The number of nitrogens with zero attached hydrogens (tertiary/aromatic N) is 7. The fraction of sp³-hybridized carbons (Fsp3) is 0.208. The Bertz CT molecular complexity index is 1250. The Kier molecular flexibility index (Phi) is 5.10. The van der Waals surface area contributed by atoms with Gasteiger partial charge in [0.25, 0.3) is 0 Å². The second-order valence-electron chi connectivity index (χ2n) is 7.91. The number of carbonyl (C=O) groups is 1. The van der Waals surface area contributed by atoms with Gasteiger partial charge >= 0.3 is 6.03 Å². The maximum Gasteiger partial charge on any atom is 0.330 e. The lowest BCUT2D eigenvalue weighted by Crippen LogP contribution is -2.32. The summed E-state index contributed by atoms with van der Waals surface area (Å²) in [6.45, 7) is 5.29. The third-order valence-corrected chi connectivity index (χ3v) is 5.55. The van der Waals surface area contributed by atoms with Gasteiger partial charge in [-0.25, -0.2) is 9.78 Å². The van der Waals surface area contributed by atoms with Gasteiger partial charge in [-0.05, 0) is 61.4 Å². The Morgan fingerprint density at radius 2 is 1.69 bits per heavy atom. The van der Waals surface area contributed by atoms with Crippen LogP contribution in [-0.4, -0.2) is 43.9 Å². The van der Waals surface area contributed by atoms with Crippen LogP contribution in [-0.2, 0) is 0 Å². The molecule has 32 heavy (non-hydrogen) atoms. The number of hydrogen-bond donors (Lipinski definition) is 0. The van der Waals surface area contributed by atoms with Crippen LogP contribution in [0.1, 0.15) is 19.9 Å². The van der Waals surface area contributed by atoms with E-state index in [0.717, 1.165) is 16.8 Å². The lowest BCUT2D eigenvalue weighted by atomic mass is 10.1. The topological polar surface area (TPSA) is 80.0 Å². The van der Waals surface area contributed by atoms with E-state index in [9.17, 15) is 4.79 Å². The van der Waals surface area contributed by atoms with E-state index in [1.807, 2.05) is 59.2 Å². The molecule has 1 fully saturated rings. The van der Waals surface area contributed by atoms with Gasteiger partial charge in [0.2, 0.25) is 0 Å². The Hall–Kier alpha value is -4.07. The summed E-state index contributed by atoms with van der Waals surface area (Å²) in [6, 6.07) is 17.7. The number of amides is 2. The zero-order valence-corrected chi connectivity index (χ0v) is 18.0. The molecule has 0 radical (unpaired) electrons. The summed E-state index contributed by atoms with van der Waals surface area (Å²) < 4.78 is 1.97. The van der Waals surface area contributed by atoms with E-state index in [1.165, 1.54) is 0 Å². The van der Waals surface area contributed by atoms with Gasteiger partial charge in [-0.1, -0.05) is 18.2 Å². The minimum absolute atomic E-state index is 0.0909. The van der Waals surface area contributed by atoms with Gasteiger partial charge < -0.3 is 4.57 Å². The molecule has 1 saturated heterocycles. The highest BCUT2D eigenvalue weighted by Gasteiger charge is 2.32. The zero-order valence-electron chi connectivity index (χ0n) is 18.0. The van der Waals surface area contributed by atoms with Crippen LogP contribution >= 0.6 is 0 Å². The third-order valence-electron chi connectivity index (χ3n) is 5.55. The number of anilines is 2. The van der Waals surface area contributed by atoms with Crippen molar-refractivity contribution in [2.24, 2.45) is 0 Å². The van der Waals surface area contributed by atoms with Crippen molar-refractivity contribution in [3.05, 3.63) is 73.3 Å². The van der Waals surface area contributed by atoms with Crippen LogP contribution in [0.15, 0.2) is 73.3 Å². The highest BCUT2D eigenvalue weighted by atomic mass is 16.2. The van der Waals surface area contributed by atoms with Crippen molar-refractivity contribution in [3.63, 3.8) is 0 Å². The molecule has 2 amide bonds. The van der Waals surface area contributed by atoms with Crippen LogP contribution in [0.5, 0.6) is 0 Å². The normalized spacial score (nSPS) is 13.9. The van der Waals surface area contributed by atoms with Crippen LogP contribution in [0.4, 0.5) is 16.3 Å². The van der Waals surface area contributed by atoms with Gasteiger partial charge in [-0.2, -0.15) is 0 Å². The fourth-order valence-electron chi connectivity index (χ4n) is 3.89. The molecule has 8 heteroatoms. The third kappa shape index (κ3) is 3.60. The second-order valence-corrected chi connectivity index (χ2v) is 7.91. The standard InChI is InChI=1S/C24H23N7O/c1-17(2)31-16-26-28-23(31)21-7-4-8-22(27-21)30-14-13-29(24(30)32)20-6-3-5-19(15-20)18-9-11-25-12-10-18/h3-12,15-17H,13-14H2,1-2H3. The maximum atomic E-state index is 13.3. The molecule has 3 aromatic heterocycles. The van der Waals surface area contributed by atoms with Crippen molar-refractivity contribution in [1.82, 2.24) is 24.7 Å². The number of urea groups is 1. The lowest BCUT2D eigenvalue weighted by Gasteiger charge is -2.19. The van der Waals surface area contributed by atoms with Gasteiger partial charge in [-0.3, -0.25) is 14.8 Å². The molecular weight excluding hydrogens is 402 g/mol. The summed E-state index contributed by atoms with van der Waals surface area (Å²) in [5.41, 5.74) is 3.67. The molecule has 0 N–H and O–H groups in total. The first-order valence-electron chi connectivity index (χ1n) is 10.6. The second kappa shape index (κ2) is 8.22. The number of carbonyl (C=O) groups excluding carboxylic acids is 1. The minimum Gasteiger partial charge on any atom is -0.310 e. The predicted octanol–water partition coefficient (Wildman–Crippen LogP) is 4.43. The first kappa shape index (κ1) is 19.9. The average Bonchev–Trinajstić information content (AvgIpc) is 3.47. The zero-order chi connectivity index (χ0) is 22.1. The monoisotopic (exact) mass is 425 g/mol. The Morgan fingerprint density at radius 1 is 0.906 bits per heavy atom. The molecule has 160 valence electrons. The lowest BCUT2D eigenvalue weighted by molar-refractivity contribution is 0.255. The van der Waals surface area contributed by atoms with Gasteiger partial charge in [0, 0.05) is 37.2 Å². The molecule has 0 unspecified atom stereocenters. The highest BCUT2D eigenvalue weighted by Crippen LogP contribution is 2.29. The number of hydrogen-bond acceptors (Lipinski definition) is 5. The van der Waals surface area contributed by atoms with Crippen LogP contribution in [0.2, 0.25) is 0 Å². The summed E-state index contributed by atoms with van der Waals surface area (Å²) in [5.74, 6) is 1.30. The Balaban J connectivity index is 1.42. The van der Waals surface area contributed by atoms with Gasteiger partial charge in [0.1, 0.15) is 17.8 Å². The van der Waals surface area contributed by atoms with Crippen LogP contribution in [0.3, 0.4) is 0 Å². The summed E-state index contributed by atoms with van der Waals surface area (Å²) in [5, 5.41) is 8.25. The number of rotatable bonds is 5. The number of aromatic nitrogens is 5. The van der Waals surface area contributed by atoms with Crippen LogP contribution in [0.25, 0.3) is 22.6 Å². The van der Waals surface area contributed by atoms with Crippen LogP contribution in [0, 0.1) is 0 Å². The molecular formula is C24H23N7O. The van der Waals surface area contributed by atoms with Gasteiger partial charge in [-0.15, -0.1) is 10.2 Å². The minimum atomic E-state index is -0.0909. The molecule has 4 aromatic rings. The van der Waals surface area contributed by atoms with E-state index in [2.05, 4.69) is 29.0 Å². The molecule has 5 rings (SSSR count). The summed E-state index contributed by atoms with van der Waals surface area (Å²) >= 11 is 0. The SMILES string of the molecule is CC(C)n1cnnc1-c1cccc(N2CCN(c3cccc(-c4ccncc4)c3)C2=O)n1. The Morgan fingerprint density at radius 3 is 2.50 bits per heavy atom. The van der Waals surface area contributed by atoms with Crippen molar-refractivity contribution in [3.8, 4) is 22.6 Å². The number of benzene rings is 1. The maximum absolute atomic E-state index is 13.3. The van der Waals surface area contributed by atoms with E-state index < -0.39 is 0 Å². The smallest absolute Gasteiger partial charge is 0.310 e. The first-order valence-corrected chi connectivity index (χ1v) is 10.6.